The lowest BCUT2D eigenvalue weighted by molar-refractivity contribution is -0.118. The van der Waals surface area contributed by atoms with Crippen LogP contribution < -0.4 is 33.7 Å². The zero-order valence-corrected chi connectivity index (χ0v) is 21.9. The molecule has 3 aromatic carbocycles. The van der Waals surface area contributed by atoms with Gasteiger partial charge in [-0.25, -0.2) is 13.1 Å². The van der Waals surface area contributed by atoms with E-state index in [1.807, 2.05) is 6.07 Å². The monoisotopic (exact) mass is 530 g/mol. The summed E-state index contributed by atoms with van der Waals surface area (Å²) in [7, 11) is 2.39. The molecule has 0 fully saturated rings. The molecule has 0 aliphatic heterocycles. The van der Waals surface area contributed by atoms with Crippen molar-refractivity contribution in [1.29, 1.82) is 0 Å². The molecule has 0 heterocycles. The first-order valence-electron chi connectivity index (χ1n) is 11.2. The van der Waals surface area contributed by atoms with E-state index in [0.29, 0.717) is 40.9 Å². The molecule has 0 unspecified atom stereocenters. The largest absolute Gasteiger partial charge is 0.497 e. The van der Waals surface area contributed by atoms with Crippen LogP contribution >= 0.6 is 0 Å². The smallest absolute Gasteiger partial charge is 0.262 e. The summed E-state index contributed by atoms with van der Waals surface area (Å²) in [6, 6.07) is 16.2. The van der Waals surface area contributed by atoms with Crippen molar-refractivity contribution in [1.82, 2.24) is 4.72 Å². The second kappa shape index (κ2) is 12.8. The third-order valence-corrected chi connectivity index (χ3v) is 6.82. The molecule has 0 bridgehead atoms. The number of hydrogen-bond donors (Lipinski definition) is 2. The third kappa shape index (κ3) is 7.51. The Morgan fingerprint density at radius 3 is 2.08 bits per heavy atom. The topological polar surface area (TPSA) is 121 Å². The number of carbonyl (C=O) groups excluding carboxylic acids is 1. The van der Waals surface area contributed by atoms with E-state index in [2.05, 4.69) is 10.0 Å². The highest BCUT2D eigenvalue weighted by Crippen LogP contribution is 2.29. The number of hydrogen-bond acceptors (Lipinski definition) is 8. The number of nitrogens with one attached hydrogen (secondary N) is 2. The first-order valence-corrected chi connectivity index (χ1v) is 12.7. The lowest BCUT2D eigenvalue weighted by atomic mass is 10.1. The van der Waals surface area contributed by atoms with Crippen LogP contribution in [0.25, 0.3) is 0 Å². The number of carbonyl (C=O) groups is 1. The zero-order valence-electron chi connectivity index (χ0n) is 21.1. The van der Waals surface area contributed by atoms with Crippen molar-refractivity contribution >= 4 is 21.6 Å². The molecule has 3 aromatic rings. The second-order valence-electron chi connectivity index (χ2n) is 7.71. The van der Waals surface area contributed by atoms with Crippen LogP contribution in [0.3, 0.4) is 0 Å². The minimum atomic E-state index is -3.73. The highest BCUT2D eigenvalue weighted by molar-refractivity contribution is 7.89. The Hall–Kier alpha value is -3.96. The average molecular weight is 531 g/mol. The van der Waals surface area contributed by atoms with Crippen LogP contribution in [0, 0.1) is 0 Å². The van der Waals surface area contributed by atoms with Gasteiger partial charge in [0.2, 0.25) is 10.0 Å². The molecule has 37 heavy (non-hydrogen) atoms. The molecule has 10 nitrogen and oxygen atoms in total. The fourth-order valence-corrected chi connectivity index (χ4v) is 4.43. The molecule has 0 radical (unpaired) electrons. The summed E-state index contributed by atoms with van der Waals surface area (Å²) < 4.78 is 54.3. The SMILES string of the molecule is COc1ccc(NC(=O)COc2ccc(S(=O)(=O)NCCc3ccc(OC)c(OC)c3)cc2)c(OC)c1. The van der Waals surface area contributed by atoms with Gasteiger partial charge in [0.05, 0.1) is 39.0 Å². The van der Waals surface area contributed by atoms with Crippen LogP contribution in [0.2, 0.25) is 0 Å². The predicted molar refractivity (Wildman–Crippen MR) is 139 cm³/mol. The molecule has 0 spiro atoms. The number of amides is 1. The van der Waals surface area contributed by atoms with Gasteiger partial charge in [0.25, 0.3) is 5.91 Å². The van der Waals surface area contributed by atoms with Gasteiger partial charge in [-0.15, -0.1) is 0 Å². The Morgan fingerprint density at radius 2 is 1.43 bits per heavy atom. The number of rotatable bonds is 13. The maximum absolute atomic E-state index is 12.7. The van der Waals surface area contributed by atoms with Crippen LogP contribution in [-0.2, 0) is 21.2 Å². The van der Waals surface area contributed by atoms with E-state index in [0.717, 1.165) is 5.56 Å². The standard InChI is InChI=1S/C26H30N2O8S/c1-32-20-8-11-22(24(16-20)34-3)28-26(29)17-36-19-6-9-21(10-7-19)37(30,31)27-14-13-18-5-12-23(33-2)25(15-18)35-4/h5-12,15-16,27H,13-14,17H2,1-4H3,(H,28,29). The van der Waals surface area contributed by atoms with Gasteiger partial charge in [-0.3, -0.25) is 4.79 Å². The van der Waals surface area contributed by atoms with E-state index >= 15 is 0 Å². The molecule has 3 rings (SSSR count). The molecule has 198 valence electrons. The van der Waals surface area contributed by atoms with Crippen molar-refractivity contribution in [3.05, 3.63) is 66.2 Å². The van der Waals surface area contributed by atoms with Gasteiger partial charge in [-0.1, -0.05) is 6.07 Å². The molecule has 0 aliphatic rings. The van der Waals surface area contributed by atoms with Crippen molar-refractivity contribution in [2.45, 2.75) is 11.3 Å². The summed E-state index contributed by atoms with van der Waals surface area (Å²) in [6.07, 6.45) is 0.467. The van der Waals surface area contributed by atoms with Gasteiger partial charge in [-0.2, -0.15) is 0 Å². The molecule has 11 heteroatoms. The van der Waals surface area contributed by atoms with Crippen molar-refractivity contribution < 1.29 is 36.9 Å². The summed E-state index contributed by atoms with van der Waals surface area (Å²) in [5.41, 5.74) is 1.37. The van der Waals surface area contributed by atoms with E-state index in [-0.39, 0.29) is 18.0 Å². The third-order valence-electron chi connectivity index (χ3n) is 5.34. The predicted octanol–water partition coefficient (Wildman–Crippen LogP) is 3.26. The van der Waals surface area contributed by atoms with Gasteiger partial charge in [-0.05, 0) is 60.5 Å². The molecule has 0 saturated carbocycles. The minimum absolute atomic E-state index is 0.0829. The van der Waals surface area contributed by atoms with Gasteiger partial charge in [0, 0.05) is 12.6 Å². The van der Waals surface area contributed by atoms with Crippen LogP contribution in [0.15, 0.2) is 65.6 Å². The normalized spacial score (nSPS) is 10.9. The van der Waals surface area contributed by atoms with E-state index in [4.69, 9.17) is 23.7 Å². The van der Waals surface area contributed by atoms with Gasteiger partial charge >= 0.3 is 0 Å². The fourth-order valence-electron chi connectivity index (χ4n) is 3.40. The van der Waals surface area contributed by atoms with E-state index in [1.165, 1.54) is 38.5 Å². The van der Waals surface area contributed by atoms with Crippen LogP contribution in [0.1, 0.15) is 5.56 Å². The first-order chi connectivity index (χ1) is 17.8. The van der Waals surface area contributed by atoms with Crippen molar-refractivity contribution in [3.63, 3.8) is 0 Å². The number of benzene rings is 3. The highest BCUT2D eigenvalue weighted by Gasteiger charge is 2.15. The Bertz CT molecular complexity index is 1310. The van der Waals surface area contributed by atoms with Gasteiger partial charge in [0.15, 0.2) is 18.1 Å². The number of ether oxygens (including phenoxy) is 5. The Morgan fingerprint density at radius 1 is 0.757 bits per heavy atom. The molecular formula is C26H30N2O8S. The van der Waals surface area contributed by atoms with Crippen molar-refractivity contribution in [3.8, 4) is 28.7 Å². The lowest BCUT2D eigenvalue weighted by Crippen LogP contribution is -2.26. The number of anilines is 1. The summed E-state index contributed by atoms with van der Waals surface area (Å²) >= 11 is 0. The molecule has 1 amide bonds. The average Bonchev–Trinajstić information content (AvgIpc) is 2.92. The van der Waals surface area contributed by atoms with E-state index < -0.39 is 15.9 Å². The lowest BCUT2D eigenvalue weighted by Gasteiger charge is -2.12. The second-order valence-corrected chi connectivity index (χ2v) is 9.48. The summed E-state index contributed by atoms with van der Waals surface area (Å²) in [5.74, 6) is 2.16. The molecule has 0 aliphatic carbocycles. The van der Waals surface area contributed by atoms with Crippen LogP contribution in [0.5, 0.6) is 28.7 Å². The Balaban J connectivity index is 1.51. The fraction of sp³-hybridized carbons (Fsp3) is 0.269. The van der Waals surface area contributed by atoms with E-state index in [1.54, 1.807) is 44.6 Å². The van der Waals surface area contributed by atoms with Crippen molar-refractivity contribution in [2.24, 2.45) is 0 Å². The van der Waals surface area contributed by atoms with Gasteiger partial charge in [0.1, 0.15) is 17.2 Å². The molecule has 0 saturated heterocycles. The number of sulfonamides is 1. The highest BCUT2D eigenvalue weighted by atomic mass is 32.2. The van der Waals surface area contributed by atoms with Crippen molar-refractivity contribution in [2.75, 3.05) is 46.9 Å². The van der Waals surface area contributed by atoms with Crippen LogP contribution in [-0.4, -0.2) is 55.9 Å². The molecular weight excluding hydrogens is 500 g/mol. The maximum atomic E-state index is 12.7. The first kappa shape index (κ1) is 27.6. The van der Waals surface area contributed by atoms with Gasteiger partial charge < -0.3 is 29.0 Å². The zero-order chi connectivity index (χ0) is 26.8. The van der Waals surface area contributed by atoms with Crippen LogP contribution in [0.4, 0.5) is 5.69 Å². The van der Waals surface area contributed by atoms with E-state index in [9.17, 15) is 13.2 Å². The minimum Gasteiger partial charge on any atom is -0.497 e. The molecule has 2 N–H and O–H groups in total. The number of methoxy groups -OCH3 is 4. The summed E-state index contributed by atoms with van der Waals surface area (Å²) in [4.78, 5) is 12.4. The molecule has 0 atom stereocenters. The summed E-state index contributed by atoms with van der Waals surface area (Å²) in [6.45, 7) is -0.0735. The summed E-state index contributed by atoms with van der Waals surface area (Å²) in [5, 5.41) is 2.70. The Kier molecular flexibility index (Phi) is 9.58. The quantitative estimate of drug-likeness (QED) is 0.345. The maximum Gasteiger partial charge on any atom is 0.262 e. The molecule has 0 aromatic heterocycles. The Labute approximate surface area is 216 Å².